The summed E-state index contributed by atoms with van der Waals surface area (Å²) in [7, 11) is 0. The summed E-state index contributed by atoms with van der Waals surface area (Å²) in [5.41, 5.74) is 1.73. The molecule has 0 saturated carbocycles. The SMILES string of the molecule is CC(C)(C)c1nc(-c2ccccc2)nc(-c2cccnc2)n1. The number of rotatable bonds is 2. The van der Waals surface area contributed by atoms with Crippen LogP contribution in [0, 0.1) is 0 Å². The van der Waals surface area contributed by atoms with E-state index in [9.17, 15) is 0 Å². The first kappa shape index (κ1) is 14.3. The molecule has 2 heterocycles. The molecule has 3 aromatic rings. The third kappa shape index (κ3) is 3.01. The van der Waals surface area contributed by atoms with Crippen molar-refractivity contribution in [3.63, 3.8) is 0 Å². The minimum atomic E-state index is -0.149. The Hall–Kier alpha value is -2.62. The molecular formula is C18H18N4. The maximum atomic E-state index is 4.66. The van der Waals surface area contributed by atoms with E-state index in [1.54, 1.807) is 12.4 Å². The lowest BCUT2D eigenvalue weighted by atomic mass is 9.95. The van der Waals surface area contributed by atoms with E-state index >= 15 is 0 Å². The van der Waals surface area contributed by atoms with Crippen LogP contribution in [0.2, 0.25) is 0 Å². The summed E-state index contributed by atoms with van der Waals surface area (Å²) >= 11 is 0. The molecule has 0 spiro atoms. The van der Waals surface area contributed by atoms with Crippen molar-refractivity contribution in [3.8, 4) is 22.8 Å². The normalized spacial score (nSPS) is 11.4. The van der Waals surface area contributed by atoms with Crippen molar-refractivity contribution in [2.45, 2.75) is 26.2 Å². The minimum absolute atomic E-state index is 0.149. The highest BCUT2D eigenvalue weighted by Crippen LogP contribution is 2.24. The van der Waals surface area contributed by atoms with E-state index in [0.717, 1.165) is 17.0 Å². The monoisotopic (exact) mass is 290 g/mol. The number of pyridine rings is 1. The first-order valence-corrected chi connectivity index (χ1v) is 7.26. The first-order valence-electron chi connectivity index (χ1n) is 7.26. The van der Waals surface area contributed by atoms with E-state index in [2.05, 4.69) is 40.7 Å². The lowest BCUT2D eigenvalue weighted by Crippen LogP contribution is -2.18. The van der Waals surface area contributed by atoms with Crippen molar-refractivity contribution < 1.29 is 0 Å². The summed E-state index contributed by atoms with van der Waals surface area (Å²) in [6, 6.07) is 13.8. The van der Waals surface area contributed by atoms with E-state index in [0.29, 0.717) is 11.6 Å². The van der Waals surface area contributed by atoms with Gasteiger partial charge in [-0.25, -0.2) is 15.0 Å². The molecule has 2 aromatic heterocycles. The number of aromatic nitrogens is 4. The minimum Gasteiger partial charge on any atom is -0.264 e. The van der Waals surface area contributed by atoms with Gasteiger partial charge in [-0.2, -0.15) is 0 Å². The van der Waals surface area contributed by atoms with Crippen molar-refractivity contribution >= 4 is 0 Å². The molecule has 0 atom stereocenters. The molecule has 1 aromatic carbocycles. The first-order chi connectivity index (χ1) is 10.5. The van der Waals surface area contributed by atoms with Crippen molar-refractivity contribution in [2.24, 2.45) is 0 Å². The van der Waals surface area contributed by atoms with E-state index in [-0.39, 0.29) is 5.41 Å². The summed E-state index contributed by atoms with van der Waals surface area (Å²) in [6.07, 6.45) is 3.52. The van der Waals surface area contributed by atoms with Crippen molar-refractivity contribution in [2.75, 3.05) is 0 Å². The van der Waals surface area contributed by atoms with Crippen LogP contribution in [0.15, 0.2) is 54.9 Å². The number of hydrogen-bond acceptors (Lipinski definition) is 4. The summed E-state index contributed by atoms with van der Waals surface area (Å²) in [6.45, 7) is 6.30. The van der Waals surface area contributed by atoms with E-state index in [4.69, 9.17) is 0 Å². The average Bonchev–Trinajstić information content (AvgIpc) is 2.55. The van der Waals surface area contributed by atoms with E-state index < -0.39 is 0 Å². The molecule has 110 valence electrons. The van der Waals surface area contributed by atoms with Gasteiger partial charge in [-0.15, -0.1) is 0 Å². The largest absolute Gasteiger partial charge is 0.264 e. The average molecular weight is 290 g/mol. The Morgan fingerprint density at radius 3 is 1.95 bits per heavy atom. The lowest BCUT2D eigenvalue weighted by molar-refractivity contribution is 0.543. The van der Waals surface area contributed by atoms with E-state index in [1.807, 2.05) is 42.5 Å². The Balaban J connectivity index is 2.19. The topological polar surface area (TPSA) is 51.6 Å². The lowest BCUT2D eigenvalue weighted by Gasteiger charge is -2.18. The zero-order chi connectivity index (χ0) is 15.6. The Morgan fingerprint density at radius 1 is 0.727 bits per heavy atom. The van der Waals surface area contributed by atoms with Crippen LogP contribution in [0.5, 0.6) is 0 Å². The van der Waals surface area contributed by atoms with Crippen LogP contribution in [-0.4, -0.2) is 19.9 Å². The van der Waals surface area contributed by atoms with Gasteiger partial charge in [-0.1, -0.05) is 51.1 Å². The van der Waals surface area contributed by atoms with Crippen LogP contribution in [0.4, 0.5) is 0 Å². The smallest absolute Gasteiger partial charge is 0.165 e. The predicted molar refractivity (Wildman–Crippen MR) is 87.2 cm³/mol. The molecule has 0 aliphatic carbocycles. The summed E-state index contributed by atoms with van der Waals surface area (Å²) in [5.74, 6) is 2.13. The number of benzene rings is 1. The maximum Gasteiger partial charge on any atom is 0.165 e. The second-order valence-corrected chi connectivity index (χ2v) is 6.16. The van der Waals surface area contributed by atoms with Gasteiger partial charge >= 0.3 is 0 Å². The molecule has 0 fully saturated rings. The summed E-state index contributed by atoms with van der Waals surface area (Å²) in [5, 5.41) is 0. The highest BCUT2D eigenvalue weighted by molar-refractivity contribution is 5.60. The third-order valence-electron chi connectivity index (χ3n) is 3.26. The van der Waals surface area contributed by atoms with Crippen LogP contribution < -0.4 is 0 Å². The second kappa shape index (κ2) is 5.64. The van der Waals surface area contributed by atoms with Gasteiger partial charge in [-0.3, -0.25) is 4.98 Å². The highest BCUT2D eigenvalue weighted by atomic mass is 15.0. The molecule has 0 N–H and O–H groups in total. The number of nitrogens with zero attached hydrogens (tertiary/aromatic N) is 4. The Bertz CT molecular complexity index is 704. The van der Waals surface area contributed by atoms with Crippen LogP contribution in [0.25, 0.3) is 22.8 Å². The quantitative estimate of drug-likeness (QED) is 0.718. The molecular weight excluding hydrogens is 272 g/mol. The summed E-state index contributed by atoms with van der Waals surface area (Å²) < 4.78 is 0. The Morgan fingerprint density at radius 2 is 1.36 bits per heavy atom. The van der Waals surface area contributed by atoms with Crippen LogP contribution >= 0.6 is 0 Å². The van der Waals surface area contributed by atoms with Gasteiger partial charge in [0.1, 0.15) is 5.82 Å². The summed E-state index contributed by atoms with van der Waals surface area (Å²) in [4.78, 5) is 18.1. The molecule has 0 unspecified atom stereocenters. The zero-order valence-electron chi connectivity index (χ0n) is 13.0. The van der Waals surface area contributed by atoms with Gasteiger partial charge in [0.2, 0.25) is 0 Å². The van der Waals surface area contributed by atoms with Crippen molar-refractivity contribution in [1.82, 2.24) is 19.9 Å². The molecule has 0 aliphatic heterocycles. The highest BCUT2D eigenvalue weighted by Gasteiger charge is 2.20. The second-order valence-electron chi connectivity index (χ2n) is 6.16. The van der Waals surface area contributed by atoms with Gasteiger partial charge in [0.15, 0.2) is 11.6 Å². The molecule has 4 heteroatoms. The van der Waals surface area contributed by atoms with Gasteiger partial charge in [-0.05, 0) is 12.1 Å². The number of hydrogen-bond donors (Lipinski definition) is 0. The third-order valence-corrected chi connectivity index (χ3v) is 3.26. The molecule has 0 aliphatic rings. The molecule has 4 nitrogen and oxygen atoms in total. The molecule has 3 rings (SSSR count). The molecule has 0 amide bonds. The van der Waals surface area contributed by atoms with Gasteiger partial charge in [0, 0.05) is 28.9 Å². The van der Waals surface area contributed by atoms with Crippen LogP contribution in [-0.2, 0) is 5.41 Å². The zero-order valence-corrected chi connectivity index (χ0v) is 13.0. The van der Waals surface area contributed by atoms with Gasteiger partial charge < -0.3 is 0 Å². The van der Waals surface area contributed by atoms with Crippen LogP contribution in [0.3, 0.4) is 0 Å². The Kier molecular flexibility index (Phi) is 3.67. The molecule has 22 heavy (non-hydrogen) atoms. The fraction of sp³-hybridized carbons (Fsp3) is 0.222. The standard InChI is InChI=1S/C18H18N4/c1-18(2,3)17-21-15(13-8-5-4-6-9-13)20-16(22-17)14-10-7-11-19-12-14/h4-12H,1-3H3. The van der Waals surface area contributed by atoms with Crippen LogP contribution in [0.1, 0.15) is 26.6 Å². The Labute approximate surface area is 130 Å². The van der Waals surface area contributed by atoms with Crippen molar-refractivity contribution in [1.29, 1.82) is 0 Å². The van der Waals surface area contributed by atoms with E-state index in [1.165, 1.54) is 0 Å². The fourth-order valence-corrected chi connectivity index (χ4v) is 2.05. The molecule has 0 radical (unpaired) electrons. The maximum absolute atomic E-state index is 4.66. The molecule has 0 saturated heterocycles. The van der Waals surface area contributed by atoms with Crippen molar-refractivity contribution in [3.05, 3.63) is 60.7 Å². The van der Waals surface area contributed by atoms with Gasteiger partial charge in [0.25, 0.3) is 0 Å². The predicted octanol–water partition coefficient (Wildman–Crippen LogP) is 3.90. The van der Waals surface area contributed by atoms with Gasteiger partial charge in [0.05, 0.1) is 0 Å². The fourth-order valence-electron chi connectivity index (χ4n) is 2.05. The molecule has 0 bridgehead atoms.